The van der Waals surface area contributed by atoms with Gasteiger partial charge in [0.25, 0.3) is 0 Å². The molecule has 0 N–H and O–H groups in total. The summed E-state index contributed by atoms with van der Waals surface area (Å²) in [6.45, 7) is 0. The van der Waals surface area contributed by atoms with Crippen LogP contribution >= 0.6 is 46.4 Å². The minimum atomic E-state index is -0.388. The summed E-state index contributed by atoms with van der Waals surface area (Å²) in [6.07, 6.45) is 0. The Kier molecular flexibility index (Phi) is 3.30. The van der Waals surface area contributed by atoms with Gasteiger partial charge in [-0.3, -0.25) is 9.59 Å². The first-order chi connectivity index (χ1) is 9.40. The monoisotopic (exact) mass is 344 g/mol. The van der Waals surface area contributed by atoms with Crippen LogP contribution in [0.3, 0.4) is 0 Å². The minimum absolute atomic E-state index is 0.131. The van der Waals surface area contributed by atoms with E-state index in [-0.39, 0.29) is 53.9 Å². The summed E-state index contributed by atoms with van der Waals surface area (Å²) < 4.78 is 0. The van der Waals surface area contributed by atoms with Crippen LogP contribution in [0.4, 0.5) is 0 Å². The van der Waals surface area contributed by atoms with Crippen LogP contribution in [0.15, 0.2) is 24.3 Å². The van der Waals surface area contributed by atoms with Crippen LogP contribution < -0.4 is 0 Å². The first-order valence-corrected chi connectivity index (χ1v) is 6.99. The Hall–Kier alpha value is -1.06. The molecule has 0 unspecified atom stereocenters. The molecular formula is C14H4Cl4O2. The molecule has 20 heavy (non-hydrogen) atoms. The van der Waals surface area contributed by atoms with Crippen molar-refractivity contribution in [3.8, 4) is 0 Å². The molecule has 0 radical (unpaired) electrons. The summed E-state index contributed by atoms with van der Waals surface area (Å²) in [5.74, 6) is -0.777. The molecule has 1 aliphatic carbocycles. The molecule has 0 fully saturated rings. The maximum atomic E-state index is 12.5. The van der Waals surface area contributed by atoms with E-state index in [9.17, 15) is 9.59 Å². The minimum Gasteiger partial charge on any atom is -0.289 e. The normalized spacial score (nSPS) is 13.2. The van der Waals surface area contributed by atoms with Gasteiger partial charge in [-0.05, 0) is 24.3 Å². The summed E-state index contributed by atoms with van der Waals surface area (Å²) in [5.41, 5.74) is 0.576. The van der Waals surface area contributed by atoms with Gasteiger partial charge in [-0.2, -0.15) is 0 Å². The lowest BCUT2D eigenvalue weighted by Crippen LogP contribution is -2.22. The second-order valence-electron chi connectivity index (χ2n) is 4.28. The summed E-state index contributed by atoms with van der Waals surface area (Å²) in [5, 5.41) is 0.826. The molecule has 0 atom stereocenters. The predicted molar refractivity (Wildman–Crippen MR) is 79.8 cm³/mol. The van der Waals surface area contributed by atoms with E-state index in [1.807, 2.05) is 0 Å². The molecule has 6 heteroatoms. The van der Waals surface area contributed by atoms with Crippen LogP contribution in [0, 0.1) is 0 Å². The Morgan fingerprint density at radius 3 is 1.30 bits per heavy atom. The molecule has 2 aromatic rings. The zero-order chi connectivity index (χ0) is 14.6. The van der Waals surface area contributed by atoms with Gasteiger partial charge in [0.05, 0.1) is 21.2 Å². The van der Waals surface area contributed by atoms with E-state index < -0.39 is 0 Å². The number of halogens is 4. The molecule has 0 saturated heterocycles. The molecule has 0 aromatic heterocycles. The topological polar surface area (TPSA) is 34.1 Å². The number of benzene rings is 2. The van der Waals surface area contributed by atoms with Crippen LogP contribution in [0.1, 0.15) is 31.8 Å². The van der Waals surface area contributed by atoms with Crippen molar-refractivity contribution in [1.82, 2.24) is 0 Å². The highest BCUT2D eigenvalue weighted by molar-refractivity contribution is 6.44. The molecule has 0 saturated carbocycles. The molecule has 2 aromatic carbocycles. The van der Waals surface area contributed by atoms with Crippen molar-refractivity contribution in [3.05, 3.63) is 66.6 Å². The summed E-state index contributed by atoms with van der Waals surface area (Å²) in [6, 6.07) is 5.67. The van der Waals surface area contributed by atoms with Gasteiger partial charge in [0, 0.05) is 21.2 Å². The largest absolute Gasteiger partial charge is 0.289 e. The van der Waals surface area contributed by atoms with Crippen molar-refractivity contribution in [1.29, 1.82) is 0 Å². The van der Waals surface area contributed by atoms with Gasteiger partial charge in [-0.1, -0.05) is 46.4 Å². The van der Waals surface area contributed by atoms with Gasteiger partial charge in [0.15, 0.2) is 11.6 Å². The van der Waals surface area contributed by atoms with Crippen molar-refractivity contribution in [2.45, 2.75) is 0 Å². The van der Waals surface area contributed by atoms with Gasteiger partial charge in [0.2, 0.25) is 0 Å². The number of carbonyl (C=O) groups excluding carboxylic acids is 2. The quantitative estimate of drug-likeness (QED) is 0.569. The molecule has 0 spiro atoms. The smallest absolute Gasteiger partial charge is 0.196 e. The Morgan fingerprint density at radius 1 is 0.600 bits per heavy atom. The first kappa shape index (κ1) is 13.9. The Bertz CT molecular complexity index is 729. The highest BCUT2D eigenvalue weighted by Gasteiger charge is 2.33. The number of hydrogen-bond donors (Lipinski definition) is 0. The number of fused-ring (bicyclic) bond motifs is 2. The molecule has 0 aliphatic heterocycles. The van der Waals surface area contributed by atoms with Crippen molar-refractivity contribution in [2.24, 2.45) is 0 Å². The average molecular weight is 346 g/mol. The van der Waals surface area contributed by atoms with E-state index in [0.717, 1.165) is 0 Å². The predicted octanol–water partition coefficient (Wildman–Crippen LogP) is 5.08. The van der Waals surface area contributed by atoms with E-state index >= 15 is 0 Å². The highest BCUT2D eigenvalue weighted by Crippen LogP contribution is 2.38. The van der Waals surface area contributed by atoms with Crippen molar-refractivity contribution < 1.29 is 9.59 Å². The van der Waals surface area contributed by atoms with E-state index in [2.05, 4.69) is 0 Å². The third kappa shape index (κ3) is 1.95. The number of ketones is 2. The molecule has 100 valence electrons. The fraction of sp³-hybridized carbons (Fsp3) is 0. The van der Waals surface area contributed by atoms with Crippen molar-refractivity contribution in [2.75, 3.05) is 0 Å². The third-order valence-corrected chi connectivity index (χ3v) is 4.09. The zero-order valence-electron chi connectivity index (χ0n) is 9.64. The highest BCUT2D eigenvalue weighted by atomic mass is 35.5. The molecule has 0 amide bonds. The summed E-state index contributed by atoms with van der Waals surface area (Å²) >= 11 is 23.8. The standard InChI is InChI=1S/C14H4Cl4O2/c15-5-1-7-11(9(17)3-5)14(20)8-2-6(16)4-10(18)12(8)13(7)19/h1-4H. The molecule has 0 heterocycles. The van der Waals surface area contributed by atoms with E-state index in [4.69, 9.17) is 46.4 Å². The van der Waals surface area contributed by atoms with Gasteiger partial charge >= 0.3 is 0 Å². The second-order valence-corrected chi connectivity index (χ2v) is 5.97. The summed E-state index contributed by atoms with van der Waals surface area (Å²) in [4.78, 5) is 25.0. The maximum Gasteiger partial charge on any atom is 0.196 e. The lowest BCUT2D eigenvalue weighted by molar-refractivity contribution is 0.0979. The lowest BCUT2D eigenvalue weighted by atomic mass is 9.84. The van der Waals surface area contributed by atoms with Crippen LogP contribution in [0.2, 0.25) is 20.1 Å². The first-order valence-electron chi connectivity index (χ1n) is 5.47. The van der Waals surface area contributed by atoms with Crippen molar-refractivity contribution >= 4 is 58.0 Å². The Labute approximate surface area is 134 Å². The maximum absolute atomic E-state index is 12.5. The Balaban J connectivity index is 2.40. The number of carbonyl (C=O) groups is 2. The SMILES string of the molecule is O=C1c2cc(Cl)cc(Cl)c2C(=O)c2cc(Cl)cc(Cl)c21. The number of rotatable bonds is 0. The van der Waals surface area contributed by atoms with Gasteiger partial charge in [0.1, 0.15) is 0 Å². The fourth-order valence-corrected chi connectivity index (χ4v) is 3.39. The van der Waals surface area contributed by atoms with E-state index in [1.54, 1.807) is 0 Å². The molecule has 1 aliphatic rings. The van der Waals surface area contributed by atoms with Crippen molar-refractivity contribution in [3.63, 3.8) is 0 Å². The molecule has 2 nitrogen and oxygen atoms in total. The molecular weight excluding hydrogens is 342 g/mol. The lowest BCUT2D eigenvalue weighted by Gasteiger charge is -2.20. The molecule has 0 bridgehead atoms. The fourth-order valence-electron chi connectivity index (χ4n) is 2.24. The Morgan fingerprint density at radius 2 is 0.950 bits per heavy atom. The second kappa shape index (κ2) is 4.74. The number of hydrogen-bond acceptors (Lipinski definition) is 2. The van der Waals surface area contributed by atoms with E-state index in [1.165, 1.54) is 24.3 Å². The van der Waals surface area contributed by atoms with E-state index in [0.29, 0.717) is 0 Å². The average Bonchev–Trinajstić information content (AvgIpc) is 2.34. The van der Waals surface area contributed by atoms with Gasteiger partial charge in [-0.25, -0.2) is 0 Å². The van der Waals surface area contributed by atoms with Crippen LogP contribution in [0.25, 0.3) is 0 Å². The molecule has 3 rings (SSSR count). The van der Waals surface area contributed by atoms with Gasteiger partial charge in [-0.15, -0.1) is 0 Å². The van der Waals surface area contributed by atoms with Gasteiger partial charge < -0.3 is 0 Å². The third-order valence-electron chi connectivity index (χ3n) is 3.05. The van der Waals surface area contributed by atoms with Crippen LogP contribution in [0.5, 0.6) is 0 Å². The van der Waals surface area contributed by atoms with Crippen LogP contribution in [-0.4, -0.2) is 11.6 Å². The van der Waals surface area contributed by atoms with Crippen LogP contribution in [-0.2, 0) is 0 Å². The summed E-state index contributed by atoms with van der Waals surface area (Å²) in [7, 11) is 0. The zero-order valence-corrected chi connectivity index (χ0v) is 12.7.